The summed E-state index contributed by atoms with van der Waals surface area (Å²) in [6.45, 7) is 2.54. The zero-order valence-corrected chi connectivity index (χ0v) is 15.8. The van der Waals surface area contributed by atoms with Crippen LogP contribution >= 0.6 is 0 Å². The minimum atomic E-state index is -3.92. The Bertz CT molecular complexity index is 879. The highest BCUT2D eigenvalue weighted by Crippen LogP contribution is 2.24. The van der Waals surface area contributed by atoms with Crippen molar-refractivity contribution in [2.45, 2.75) is 30.2 Å². The molecule has 144 valence electrons. The van der Waals surface area contributed by atoms with Gasteiger partial charge >= 0.3 is 0 Å². The number of nitrogens with zero attached hydrogens (tertiary/aromatic N) is 2. The Kier molecular flexibility index (Phi) is 6.20. The number of hydrogen-bond donors (Lipinski definition) is 1. The SMILES string of the molecule is O=[N+]([O-])c1ccccc1S(=O)(=O)NC1CCN(CCc2ccccc2)CC1. The molecule has 2 aromatic rings. The summed E-state index contributed by atoms with van der Waals surface area (Å²) in [5, 5.41) is 11.1. The standard InChI is InChI=1S/C19H23N3O4S/c23-22(24)18-8-4-5-9-19(18)27(25,26)20-17-11-14-21(15-12-17)13-10-16-6-2-1-3-7-16/h1-9,17,20H,10-15H2. The quantitative estimate of drug-likeness (QED) is 0.580. The molecule has 1 aliphatic rings. The average Bonchev–Trinajstić information content (AvgIpc) is 2.68. The molecule has 1 heterocycles. The number of nitrogens with one attached hydrogen (secondary N) is 1. The van der Waals surface area contributed by atoms with Crippen molar-refractivity contribution in [2.75, 3.05) is 19.6 Å². The van der Waals surface area contributed by atoms with Crippen molar-refractivity contribution in [3.63, 3.8) is 0 Å². The van der Waals surface area contributed by atoms with E-state index < -0.39 is 20.6 Å². The van der Waals surface area contributed by atoms with Crippen LogP contribution in [-0.4, -0.2) is 43.9 Å². The van der Waals surface area contributed by atoms with E-state index in [9.17, 15) is 18.5 Å². The largest absolute Gasteiger partial charge is 0.303 e. The van der Waals surface area contributed by atoms with Crippen LogP contribution in [0.5, 0.6) is 0 Å². The molecule has 0 amide bonds. The van der Waals surface area contributed by atoms with Crippen molar-refractivity contribution in [3.05, 3.63) is 70.3 Å². The summed E-state index contributed by atoms with van der Waals surface area (Å²) >= 11 is 0. The lowest BCUT2D eigenvalue weighted by atomic mass is 10.1. The van der Waals surface area contributed by atoms with Crippen molar-refractivity contribution in [1.82, 2.24) is 9.62 Å². The van der Waals surface area contributed by atoms with Crippen LogP contribution in [-0.2, 0) is 16.4 Å². The molecule has 2 aromatic carbocycles. The Labute approximate surface area is 159 Å². The molecule has 0 spiro atoms. The van der Waals surface area contributed by atoms with Gasteiger partial charge in [-0.15, -0.1) is 0 Å². The van der Waals surface area contributed by atoms with Gasteiger partial charge in [-0.25, -0.2) is 13.1 Å². The summed E-state index contributed by atoms with van der Waals surface area (Å²) in [5.41, 5.74) is 0.891. The zero-order valence-electron chi connectivity index (χ0n) is 15.0. The van der Waals surface area contributed by atoms with Crippen molar-refractivity contribution >= 4 is 15.7 Å². The molecule has 1 fully saturated rings. The Hall–Kier alpha value is -2.29. The van der Waals surface area contributed by atoms with Gasteiger partial charge in [0.2, 0.25) is 10.0 Å². The van der Waals surface area contributed by atoms with E-state index in [4.69, 9.17) is 0 Å². The smallest absolute Gasteiger partial charge is 0.289 e. The van der Waals surface area contributed by atoms with E-state index in [1.54, 1.807) is 0 Å². The molecule has 7 nitrogen and oxygen atoms in total. The predicted octanol–water partition coefficient (Wildman–Crippen LogP) is 2.58. The Balaban J connectivity index is 1.55. The molecule has 0 unspecified atom stereocenters. The molecule has 1 N–H and O–H groups in total. The highest BCUT2D eigenvalue weighted by Gasteiger charge is 2.29. The van der Waals surface area contributed by atoms with E-state index in [0.29, 0.717) is 12.8 Å². The maximum Gasteiger partial charge on any atom is 0.289 e. The van der Waals surface area contributed by atoms with Crippen molar-refractivity contribution in [1.29, 1.82) is 0 Å². The summed E-state index contributed by atoms with van der Waals surface area (Å²) < 4.78 is 27.8. The average molecular weight is 389 g/mol. The number of hydrogen-bond acceptors (Lipinski definition) is 5. The monoisotopic (exact) mass is 389 g/mol. The Morgan fingerprint density at radius 3 is 2.33 bits per heavy atom. The number of benzene rings is 2. The van der Waals surface area contributed by atoms with Crippen LogP contribution in [0.15, 0.2) is 59.5 Å². The predicted molar refractivity (Wildman–Crippen MR) is 103 cm³/mol. The fourth-order valence-electron chi connectivity index (χ4n) is 3.32. The van der Waals surface area contributed by atoms with Crippen LogP contribution in [0.1, 0.15) is 18.4 Å². The molecule has 3 rings (SSSR count). The molecule has 0 bridgehead atoms. The third kappa shape index (κ3) is 5.12. The first-order valence-corrected chi connectivity index (χ1v) is 10.5. The highest BCUT2D eigenvalue weighted by atomic mass is 32.2. The van der Waals surface area contributed by atoms with Crippen LogP contribution in [0.2, 0.25) is 0 Å². The first-order chi connectivity index (χ1) is 13.0. The van der Waals surface area contributed by atoms with Gasteiger partial charge in [0, 0.05) is 18.7 Å². The molecule has 0 saturated carbocycles. The lowest BCUT2D eigenvalue weighted by Crippen LogP contribution is -2.45. The minimum absolute atomic E-state index is 0.206. The zero-order chi connectivity index (χ0) is 19.3. The van der Waals surface area contributed by atoms with Gasteiger partial charge < -0.3 is 4.90 Å². The number of nitro benzene ring substituents is 1. The molecular formula is C19H23N3O4S. The molecule has 0 radical (unpaired) electrons. The first kappa shape index (κ1) is 19.5. The fourth-order valence-corrected chi connectivity index (χ4v) is 4.80. The number of piperidine rings is 1. The van der Waals surface area contributed by atoms with Gasteiger partial charge in [-0.05, 0) is 44.0 Å². The molecule has 0 atom stereocenters. The van der Waals surface area contributed by atoms with Crippen LogP contribution in [0.25, 0.3) is 0 Å². The van der Waals surface area contributed by atoms with Gasteiger partial charge in [0.1, 0.15) is 0 Å². The van der Waals surface area contributed by atoms with Crippen molar-refractivity contribution in [3.8, 4) is 0 Å². The molecule has 8 heteroatoms. The van der Waals surface area contributed by atoms with Crippen LogP contribution in [0.3, 0.4) is 0 Å². The molecule has 0 aliphatic carbocycles. The summed E-state index contributed by atoms with van der Waals surface area (Å²) in [5.74, 6) is 0. The summed E-state index contributed by atoms with van der Waals surface area (Å²) in [6, 6.07) is 15.5. The highest BCUT2D eigenvalue weighted by molar-refractivity contribution is 7.89. The van der Waals surface area contributed by atoms with Gasteiger partial charge in [-0.2, -0.15) is 0 Å². The maximum atomic E-state index is 12.6. The minimum Gasteiger partial charge on any atom is -0.303 e. The molecular weight excluding hydrogens is 366 g/mol. The van der Waals surface area contributed by atoms with Gasteiger partial charge in [0.25, 0.3) is 5.69 Å². The topological polar surface area (TPSA) is 92.5 Å². The van der Waals surface area contributed by atoms with Gasteiger partial charge in [-0.3, -0.25) is 10.1 Å². The lowest BCUT2D eigenvalue weighted by Gasteiger charge is -2.32. The molecule has 27 heavy (non-hydrogen) atoms. The van der Waals surface area contributed by atoms with E-state index in [-0.39, 0.29) is 10.9 Å². The van der Waals surface area contributed by atoms with E-state index in [1.165, 1.54) is 29.8 Å². The second-order valence-corrected chi connectivity index (χ2v) is 8.38. The Morgan fingerprint density at radius 1 is 1.04 bits per heavy atom. The van der Waals surface area contributed by atoms with Gasteiger partial charge in [-0.1, -0.05) is 42.5 Å². The second kappa shape index (κ2) is 8.60. The van der Waals surface area contributed by atoms with E-state index >= 15 is 0 Å². The number of rotatable bonds is 7. The second-order valence-electron chi connectivity index (χ2n) is 6.70. The Morgan fingerprint density at radius 2 is 1.67 bits per heavy atom. The summed E-state index contributed by atoms with van der Waals surface area (Å²) in [7, 11) is -3.92. The van der Waals surface area contributed by atoms with E-state index in [1.807, 2.05) is 18.2 Å². The van der Waals surface area contributed by atoms with E-state index in [0.717, 1.165) is 26.1 Å². The van der Waals surface area contributed by atoms with E-state index in [2.05, 4.69) is 21.8 Å². The van der Waals surface area contributed by atoms with Gasteiger partial charge in [0.15, 0.2) is 4.90 Å². The van der Waals surface area contributed by atoms with Crippen molar-refractivity contribution < 1.29 is 13.3 Å². The van der Waals surface area contributed by atoms with Crippen LogP contribution < -0.4 is 4.72 Å². The third-order valence-electron chi connectivity index (χ3n) is 4.82. The third-order valence-corrected chi connectivity index (χ3v) is 6.39. The molecule has 0 aromatic heterocycles. The molecule has 1 saturated heterocycles. The maximum absolute atomic E-state index is 12.6. The van der Waals surface area contributed by atoms with Gasteiger partial charge in [0.05, 0.1) is 4.92 Å². The van der Waals surface area contributed by atoms with Crippen molar-refractivity contribution in [2.24, 2.45) is 0 Å². The number of likely N-dealkylation sites (tertiary alicyclic amines) is 1. The summed E-state index contributed by atoms with van der Waals surface area (Å²) in [4.78, 5) is 12.5. The summed E-state index contributed by atoms with van der Waals surface area (Å²) in [6.07, 6.45) is 2.34. The number of para-hydroxylation sites is 1. The fraction of sp³-hybridized carbons (Fsp3) is 0.368. The molecule has 1 aliphatic heterocycles. The lowest BCUT2D eigenvalue weighted by molar-refractivity contribution is -0.387. The van der Waals surface area contributed by atoms with Crippen LogP contribution in [0.4, 0.5) is 5.69 Å². The first-order valence-electron chi connectivity index (χ1n) is 8.98. The number of sulfonamides is 1. The van der Waals surface area contributed by atoms with Crippen LogP contribution in [0, 0.1) is 10.1 Å². The normalized spacial score (nSPS) is 16.3. The number of nitro groups is 1.